The summed E-state index contributed by atoms with van der Waals surface area (Å²) in [5.41, 5.74) is 5.71. The molecule has 0 fully saturated rings. The Hall–Kier alpha value is -1.33. The van der Waals surface area contributed by atoms with Crippen molar-refractivity contribution >= 4 is 0 Å². The number of hydrogen-bond donors (Lipinski definition) is 2. The molecule has 14 heavy (non-hydrogen) atoms. The van der Waals surface area contributed by atoms with Crippen LogP contribution in [0.1, 0.15) is 11.6 Å². The maximum absolute atomic E-state index is 13.4. The molecule has 76 valence electrons. The third kappa shape index (κ3) is 1.30. The number of hydrogen-bond acceptors (Lipinski definition) is 4. The summed E-state index contributed by atoms with van der Waals surface area (Å²) in [6.45, 7) is -0.277. The van der Waals surface area contributed by atoms with Crippen molar-refractivity contribution in [1.82, 2.24) is 0 Å². The van der Waals surface area contributed by atoms with Crippen LogP contribution in [-0.2, 0) is 0 Å². The van der Waals surface area contributed by atoms with E-state index in [0.717, 1.165) is 0 Å². The molecule has 5 heteroatoms. The van der Waals surface area contributed by atoms with E-state index in [4.69, 9.17) is 20.3 Å². The van der Waals surface area contributed by atoms with E-state index >= 15 is 0 Å². The Bertz CT molecular complexity index is 356. The Morgan fingerprint density at radius 3 is 3.00 bits per heavy atom. The first-order valence-corrected chi connectivity index (χ1v) is 4.18. The first-order chi connectivity index (χ1) is 6.74. The highest BCUT2D eigenvalue weighted by atomic mass is 19.1. The smallest absolute Gasteiger partial charge is 0.231 e. The second kappa shape index (κ2) is 3.43. The minimum atomic E-state index is -0.786. The zero-order valence-corrected chi connectivity index (χ0v) is 7.37. The number of benzene rings is 1. The quantitative estimate of drug-likeness (QED) is 0.729. The van der Waals surface area contributed by atoms with Gasteiger partial charge in [-0.3, -0.25) is 0 Å². The lowest BCUT2D eigenvalue weighted by Crippen LogP contribution is -2.16. The standard InChI is InChI=1S/C9H10FNO3/c10-5-1-2-7-9(14-4-13-7)8(5)6(11)3-12/h1-2,6,12H,3-4,11H2. The minimum Gasteiger partial charge on any atom is -0.454 e. The van der Waals surface area contributed by atoms with E-state index in [1.807, 2.05) is 0 Å². The number of aliphatic hydroxyl groups is 1. The van der Waals surface area contributed by atoms with Crippen LogP contribution in [-0.4, -0.2) is 18.5 Å². The van der Waals surface area contributed by atoms with Gasteiger partial charge < -0.3 is 20.3 Å². The van der Waals surface area contributed by atoms with Gasteiger partial charge in [0, 0.05) is 0 Å². The minimum absolute atomic E-state index is 0.0595. The fourth-order valence-corrected chi connectivity index (χ4v) is 1.41. The molecule has 0 spiro atoms. The molecule has 1 aliphatic rings. The van der Waals surface area contributed by atoms with Gasteiger partial charge >= 0.3 is 0 Å². The third-order valence-electron chi connectivity index (χ3n) is 2.09. The van der Waals surface area contributed by atoms with Crippen molar-refractivity contribution in [2.75, 3.05) is 13.4 Å². The lowest BCUT2D eigenvalue weighted by Gasteiger charge is -2.12. The molecule has 0 saturated heterocycles. The molecule has 3 N–H and O–H groups in total. The van der Waals surface area contributed by atoms with Crippen LogP contribution in [0.15, 0.2) is 12.1 Å². The molecule has 0 bridgehead atoms. The van der Waals surface area contributed by atoms with Gasteiger partial charge in [-0.2, -0.15) is 0 Å². The monoisotopic (exact) mass is 199 g/mol. The molecular formula is C9H10FNO3. The summed E-state index contributed by atoms with van der Waals surface area (Å²) in [5.74, 6) is 0.271. The molecule has 0 radical (unpaired) electrons. The van der Waals surface area contributed by atoms with Crippen LogP contribution in [0.5, 0.6) is 11.5 Å². The summed E-state index contributed by atoms with van der Waals surface area (Å²) in [5, 5.41) is 8.86. The van der Waals surface area contributed by atoms with E-state index < -0.39 is 11.9 Å². The van der Waals surface area contributed by atoms with Gasteiger partial charge in [0.15, 0.2) is 11.5 Å². The number of halogens is 1. The maximum atomic E-state index is 13.4. The van der Waals surface area contributed by atoms with Gasteiger partial charge in [-0.05, 0) is 12.1 Å². The van der Waals surface area contributed by atoms with Crippen LogP contribution < -0.4 is 15.2 Å². The van der Waals surface area contributed by atoms with E-state index in [2.05, 4.69) is 0 Å². The van der Waals surface area contributed by atoms with Gasteiger partial charge in [0.25, 0.3) is 0 Å². The van der Waals surface area contributed by atoms with Gasteiger partial charge in [0.1, 0.15) is 5.82 Å². The molecule has 1 heterocycles. The SMILES string of the molecule is NC(CO)c1c(F)ccc2c1OCO2. The van der Waals surface area contributed by atoms with Crippen molar-refractivity contribution in [3.63, 3.8) is 0 Å². The van der Waals surface area contributed by atoms with E-state index in [0.29, 0.717) is 11.5 Å². The summed E-state index contributed by atoms with van der Waals surface area (Å²) in [4.78, 5) is 0. The van der Waals surface area contributed by atoms with Crippen molar-refractivity contribution in [3.8, 4) is 11.5 Å². The van der Waals surface area contributed by atoms with Crippen LogP contribution in [0.4, 0.5) is 4.39 Å². The van der Waals surface area contributed by atoms with Crippen LogP contribution >= 0.6 is 0 Å². The Morgan fingerprint density at radius 2 is 2.29 bits per heavy atom. The third-order valence-corrected chi connectivity index (χ3v) is 2.09. The fourth-order valence-electron chi connectivity index (χ4n) is 1.41. The second-order valence-electron chi connectivity index (χ2n) is 2.98. The second-order valence-corrected chi connectivity index (χ2v) is 2.98. The molecule has 2 rings (SSSR count). The number of rotatable bonds is 2. The number of fused-ring (bicyclic) bond motifs is 1. The largest absolute Gasteiger partial charge is 0.454 e. The first kappa shape index (κ1) is 9.23. The van der Waals surface area contributed by atoms with Crippen molar-refractivity contribution < 1.29 is 19.0 Å². The Labute approximate surface area is 80.0 Å². The van der Waals surface area contributed by atoms with E-state index in [1.54, 1.807) is 0 Å². The van der Waals surface area contributed by atoms with E-state index in [9.17, 15) is 4.39 Å². The Balaban J connectivity index is 2.51. The zero-order chi connectivity index (χ0) is 10.1. The lowest BCUT2D eigenvalue weighted by atomic mass is 10.1. The number of ether oxygens (including phenoxy) is 2. The molecule has 1 aliphatic heterocycles. The predicted octanol–water partition coefficient (Wildman–Crippen LogP) is 0.546. The average molecular weight is 199 g/mol. The molecule has 1 aromatic carbocycles. The van der Waals surface area contributed by atoms with Crippen molar-refractivity contribution in [2.45, 2.75) is 6.04 Å². The molecule has 1 atom stereocenters. The molecule has 0 saturated carbocycles. The lowest BCUT2D eigenvalue weighted by molar-refractivity contribution is 0.171. The maximum Gasteiger partial charge on any atom is 0.231 e. The van der Waals surface area contributed by atoms with Gasteiger partial charge in [-0.25, -0.2) is 4.39 Å². The average Bonchev–Trinajstić information content (AvgIpc) is 2.64. The van der Waals surface area contributed by atoms with Crippen LogP contribution in [0, 0.1) is 5.82 Å². The van der Waals surface area contributed by atoms with Gasteiger partial charge in [-0.1, -0.05) is 0 Å². The summed E-state index contributed by atoms with van der Waals surface area (Å²) in [7, 11) is 0. The summed E-state index contributed by atoms with van der Waals surface area (Å²) >= 11 is 0. The van der Waals surface area contributed by atoms with Crippen molar-refractivity contribution in [1.29, 1.82) is 0 Å². The van der Waals surface area contributed by atoms with E-state index in [-0.39, 0.29) is 19.0 Å². The number of nitrogens with two attached hydrogens (primary N) is 1. The predicted molar refractivity (Wildman–Crippen MR) is 46.5 cm³/mol. The molecule has 4 nitrogen and oxygen atoms in total. The highest BCUT2D eigenvalue weighted by Crippen LogP contribution is 2.39. The topological polar surface area (TPSA) is 64.7 Å². The van der Waals surface area contributed by atoms with Crippen LogP contribution in [0.25, 0.3) is 0 Å². The number of aliphatic hydroxyl groups excluding tert-OH is 1. The first-order valence-electron chi connectivity index (χ1n) is 4.18. The van der Waals surface area contributed by atoms with Crippen molar-refractivity contribution in [3.05, 3.63) is 23.5 Å². The Kier molecular flexibility index (Phi) is 2.26. The molecule has 1 aromatic rings. The normalized spacial score (nSPS) is 15.6. The summed E-state index contributed by atoms with van der Waals surface area (Å²) in [6.07, 6.45) is 0. The summed E-state index contributed by atoms with van der Waals surface area (Å²) in [6, 6.07) is 1.94. The van der Waals surface area contributed by atoms with E-state index in [1.165, 1.54) is 12.1 Å². The molecule has 0 amide bonds. The van der Waals surface area contributed by atoms with Gasteiger partial charge in [0.05, 0.1) is 18.2 Å². The highest BCUT2D eigenvalue weighted by molar-refractivity contribution is 5.50. The molecule has 0 aliphatic carbocycles. The summed E-state index contributed by atoms with van der Waals surface area (Å²) < 4.78 is 23.5. The molecule has 0 aromatic heterocycles. The highest BCUT2D eigenvalue weighted by Gasteiger charge is 2.24. The van der Waals surface area contributed by atoms with Gasteiger partial charge in [-0.15, -0.1) is 0 Å². The zero-order valence-electron chi connectivity index (χ0n) is 7.37. The van der Waals surface area contributed by atoms with Crippen molar-refractivity contribution in [2.24, 2.45) is 5.73 Å². The molecule has 1 unspecified atom stereocenters. The van der Waals surface area contributed by atoms with Crippen LogP contribution in [0.2, 0.25) is 0 Å². The fraction of sp³-hybridized carbons (Fsp3) is 0.333. The van der Waals surface area contributed by atoms with Gasteiger partial charge in [0.2, 0.25) is 6.79 Å². The molecular weight excluding hydrogens is 189 g/mol. The Morgan fingerprint density at radius 1 is 1.50 bits per heavy atom. The van der Waals surface area contributed by atoms with Crippen LogP contribution in [0.3, 0.4) is 0 Å².